The van der Waals surface area contributed by atoms with Crippen LogP contribution in [0.3, 0.4) is 0 Å². The molecule has 0 saturated carbocycles. The maximum atomic E-state index is 12.6. The summed E-state index contributed by atoms with van der Waals surface area (Å²) in [5.74, 6) is 2.84. The second-order valence-corrected chi connectivity index (χ2v) is 6.78. The van der Waals surface area contributed by atoms with Gasteiger partial charge < -0.3 is 29.2 Å². The molecule has 0 bridgehead atoms. The van der Waals surface area contributed by atoms with E-state index in [9.17, 15) is 4.79 Å². The summed E-state index contributed by atoms with van der Waals surface area (Å²) < 4.78 is 21.8. The van der Waals surface area contributed by atoms with E-state index in [0.717, 1.165) is 22.0 Å². The molecule has 0 fully saturated rings. The summed E-state index contributed by atoms with van der Waals surface area (Å²) in [4.78, 5) is 13.7. The van der Waals surface area contributed by atoms with Crippen LogP contribution in [-0.4, -0.2) is 39.0 Å². The van der Waals surface area contributed by atoms with Crippen LogP contribution >= 0.6 is 0 Å². The van der Waals surface area contributed by atoms with Crippen LogP contribution in [0.1, 0.15) is 12.5 Å². The molecule has 1 unspecified atom stereocenters. The number of hydrogen-bond acceptors (Lipinski definition) is 5. The van der Waals surface area contributed by atoms with Gasteiger partial charge in [-0.05, 0) is 37.3 Å². The average Bonchev–Trinajstić information content (AvgIpc) is 3.15. The predicted molar refractivity (Wildman–Crippen MR) is 98.7 cm³/mol. The molecule has 2 aromatic rings. The van der Waals surface area contributed by atoms with Crippen molar-refractivity contribution in [1.82, 2.24) is 0 Å². The first-order valence-corrected chi connectivity index (χ1v) is 9.01. The van der Waals surface area contributed by atoms with Gasteiger partial charge in [-0.3, -0.25) is 4.79 Å². The van der Waals surface area contributed by atoms with Gasteiger partial charge in [-0.25, -0.2) is 0 Å². The van der Waals surface area contributed by atoms with Crippen molar-refractivity contribution in [3.8, 4) is 23.0 Å². The highest BCUT2D eigenvalue weighted by molar-refractivity contribution is 5.93. The fraction of sp³-hybridized carbons (Fsp3) is 0.350. The highest BCUT2D eigenvalue weighted by Gasteiger charge is 2.24. The van der Waals surface area contributed by atoms with E-state index in [1.54, 1.807) is 12.1 Å². The lowest BCUT2D eigenvalue weighted by molar-refractivity contribution is -0.907. The van der Waals surface area contributed by atoms with E-state index in [1.165, 1.54) is 0 Å². The maximum absolute atomic E-state index is 12.6. The lowest BCUT2D eigenvalue weighted by Crippen LogP contribution is -3.12. The SMILES string of the molecule is C[C@@H](C(=O)Nc1ccc2c(c1)OCO2)[NH+](C)Cc1ccc2c(c1)OCCO2. The fourth-order valence-corrected chi connectivity index (χ4v) is 3.12. The summed E-state index contributed by atoms with van der Waals surface area (Å²) in [6, 6.07) is 11.1. The molecule has 0 aromatic heterocycles. The van der Waals surface area contributed by atoms with Crippen molar-refractivity contribution in [2.45, 2.75) is 19.5 Å². The number of benzene rings is 2. The van der Waals surface area contributed by atoms with Crippen LogP contribution in [0, 0.1) is 0 Å². The molecule has 2 aromatic carbocycles. The molecule has 7 nitrogen and oxygen atoms in total. The first-order chi connectivity index (χ1) is 13.1. The van der Waals surface area contributed by atoms with Crippen LogP contribution < -0.4 is 29.2 Å². The number of carbonyl (C=O) groups excluding carboxylic acids is 1. The molecule has 0 radical (unpaired) electrons. The van der Waals surface area contributed by atoms with Crippen LogP contribution in [0.2, 0.25) is 0 Å². The molecule has 1 amide bonds. The van der Waals surface area contributed by atoms with Crippen LogP contribution in [0.25, 0.3) is 0 Å². The Morgan fingerprint density at radius 1 is 1.00 bits per heavy atom. The lowest BCUT2D eigenvalue weighted by atomic mass is 10.1. The molecular weight excluding hydrogens is 348 g/mol. The van der Waals surface area contributed by atoms with E-state index in [1.807, 2.05) is 38.2 Å². The normalized spacial score (nSPS) is 16.5. The summed E-state index contributed by atoms with van der Waals surface area (Å²) in [5.41, 5.74) is 1.79. The van der Waals surface area contributed by atoms with Gasteiger partial charge in [0.25, 0.3) is 5.91 Å². The standard InChI is InChI=1S/C20H22N2O5/c1-13(20(23)21-15-4-6-17-19(10-15)27-12-26-17)22(2)11-14-3-5-16-18(9-14)25-8-7-24-16/h3-6,9-10,13H,7-8,11-12H2,1-2H3,(H,21,23)/p+1/t13-/m0/s1. The minimum absolute atomic E-state index is 0.0519. The largest absolute Gasteiger partial charge is 0.486 e. The average molecular weight is 371 g/mol. The van der Waals surface area contributed by atoms with Crippen LogP contribution in [-0.2, 0) is 11.3 Å². The number of ether oxygens (including phenoxy) is 4. The number of amides is 1. The molecule has 2 heterocycles. The zero-order valence-corrected chi connectivity index (χ0v) is 15.4. The Morgan fingerprint density at radius 2 is 1.67 bits per heavy atom. The third-order valence-electron chi connectivity index (χ3n) is 4.86. The van der Waals surface area contributed by atoms with Gasteiger partial charge >= 0.3 is 0 Å². The summed E-state index contributed by atoms with van der Waals surface area (Å²) in [7, 11) is 2.00. The summed E-state index contributed by atoms with van der Waals surface area (Å²) >= 11 is 0. The topological polar surface area (TPSA) is 70.5 Å². The van der Waals surface area contributed by atoms with Gasteiger partial charge in [-0.1, -0.05) is 0 Å². The first kappa shape index (κ1) is 17.5. The molecule has 0 saturated heterocycles. The second kappa shape index (κ2) is 7.36. The Balaban J connectivity index is 1.38. The van der Waals surface area contributed by atoms with Gasteiger partial charge in [0.05, 0.1) is 7.05 Å². The summed E-state index contributed by atoms with van der Waals surface area (Å²) in [5, 5.41) is 2.95. The number of carbonyl (C=O) groups is 1. The molecule has 142 valence electrons. The third kappa shape index (κ3) is 3.78. The van der Waals surface area contributed by atoms with E-state index >= 15 is 0 Å². The molecule has 27 heavy (non-hydrogen) atoms. The molecule has 2 aliphatic rings. The number of nitrogens with one attached hydrogen (secondary N) is 2. The highest BCUT2D eigenvalue weighted by Crippen LogP contribution is 2.34. The number of quaternary nitrogens is 1. The van der Waals surface area contributed by atoms with Crippen molar-refractivity contribution < 1.29 is 28.6 Å². The Morgan fingerprint density at radius 3 is 2.52 bits per heavy atom. The van der Waals surface area contributed by atoms with Crippen molar-refractivity contribution in [3.05, 3.63) is 42.0 Å². The van der Waals surface area contributed by atoms with Crippen LogP contribution in [0.15, 0.2) is 36.4 Å². The second-order valence-electron chi connectivity index (χ2n) is 6.78. The van der Waals surface area contributed by atoms with Gasteiger partial charge in [0.2, 0.25) is 6.79 Å². The molecule has 7 heteroatoms. The Hall–Kier alpha value is -2.93. The van der Waals surface area contributed by atoms with Crippen molar-refractivity contribution in [3.63, 3.8) is 0 Å². The van der Waals surface area contributed by atoms with Crippen molar-refractivity contribution in [2.24, 2.45) is 0 Å². The first-order valence-electron chi connectivity index (χ1n) is 9.01. The number of fused-ring (bicyclic) bond motifs is 2. The fourth-order valence-electron chi connectivity index (χ4n) is 3.12. The van der Waals surface area contributed by atoms with E-state index < -0.39 is 0 Å². The Bertz CT molecular complexity index is 854. The van der Waals surface area contributed by atoms with Gasteiger partial charge in [-0.2, -0.15) is 0 Å². The Labute approximate surface area is 157 Å². The van der Waals surface area contributed by atoms with Crippen molar-refractivity contribution in [1.29, 1.82) is 0 Å². The smallest absolute Gasteiger partial charge is 0.282 e. The number of rotatable bonds is 5. The number of likely N-dealkylation sites (N-methyl/N-ethyl adjacent to an activating group) is 1. The molecule has 2 N–H and O–H groups in total. The van der Waals surface area contributed by atoms with E-state index in [4.69, 9.17) is 18.9 Å². The van der Waals surface area contributed by atoms with Crippen LogP contribution in [0.5, 0.6) is 23.0 Å². The molecule has 0 aliphatic carbocycles. The number of hydrogen-bond donors (Lipinski definition) is 2. The quantitative estimate of drug-likeness (QED) is 0.827. The van der Waals surface area contributed by atoms with Gasteiger partial charge in [0, 0.05) is 17.3 Å². The molecule has 2 atom stereocenters. The summed E-state index contributed by atoms with van der Waals surface area (Å²) in [6.45, 7) is 3.97. The van der Waals surface area contributed by atoms with Gasteiger partial charge in [0.1, 0.15) is 19.8 Å². The van der Waals surface area contributed by atoms with E-state index in [2.05, 4.69) is 5.32 Å². The zero-order chi connectivity index (χ0) is 18.8. The minimum atomic E-state index is -0.233. The van der Waals surface area contributed by atoms with Crippen molar-refractivity contribution in [2.75, 3.05) is 32.4 Å². The highest BCUT2D eigenvalue weighted by atomic mass is 16.7. The molecular formula is C20H23N2O5+. The minimum Gasteiger partial charge on any atom is -0.486 e. The van der Waals surface area contributed by atoms with Crippen LogP contribution in [0.4, 0.5) is 5.69 Å². The maximum Gasteiger partial charge on any atom is 0.282 e. The molecule has 2 aliphatic heterocycles. The lowest BCUT2D eigenvalue weighted by Gasteiger charge is -2.23. The van der Waals surface area contributed by atoms with E-state index in [-0.39, 0.29) is 18.7 Å². The van der Waals surface area contributed by atoms with Gasteiger partial charge in [0.15, 0.2) is 29.0 Å². The predicted octanol–water partition coefficient (Wildman–Crippen LogP) is 1.23. The molecule has 4 rings (SSSR count). The monoisotopic (exact) mass is 371 g/mol. The zero-order valence-electron chi connectivity index (χ0n) is 15.4. The van der Waals surface area contributed by atoms with Gasteiger partial charge in [-0.15, -0.1) is 0 Å². The third-order valence-corrected chi connectivity index (χ3v) is 4.86. The van der Waals surface area contributed by atoms with E-state index in [0.29, 0.717) is 36.9 Å². The number of anilines is 1. The summed E-state index contributed by atoms with van der Waals surface area (Å²) in [6.07, 6.45) is 0. The molecule has 0 spiro atoms. The van der Waals surface area contributed by atoms with Crippen molar-refractivity contribution >= 4 is 11.6 Å². The Kier molecular flexibility index (Phi) is 4.77.